The van der Waals surface area contributed by atoms with Crippen molar-refractivity contribution >= 4 is 12.4 Å². The molecule has 0 spiro atoms. The Labute approximate surface area is 116 Å². The monoisotopic (exact) mass is 283 g/mol. The van der Waals surface area contributed by atoms with E-state index in [9.17, 15) is 4.39 Å². The van der Waals surface area contributed by atoms with E-state index in [2.05, 4.69) is 15.5 Å². The van der Waals surface area contributed by atoms with E-state index in [4.69, 9.17) is 4.52 Å². The molecule has 1 aliphatic rings. The van der Waals surface area contributed by atoms with Crippen molar-refractivity contribution in [2.75, 3.05) is 6.54 Å². The molecule has 0 aliphatic carbocycles. The van der Waals surface area contributed by atoms with E-state index in [1.165, 1.54) is 6.07 Å². The maximum atomic E-state index is 13.2. The van der Waals surface area contributed by atoms with E-state index < -0.39 is 0 Å². The van der Waals surface area contributed by atoms with Crippen LogP contribution < -0.4 is 5.32 Å². The summed E-state index contributed by atoms with van der Waals surface area (Å²) in [5.41, 5.74) is 1.36. The molecule has 3 rings (SSSR count). The second-order valence-corrected chi connectivity index (χ2v) is 4.57. The van der Waals surface area contributed by atoms with Gasteiger partial charge in [0.2, 0.25) is 11.7 Å². The van der Waals surface area contributed by atoms with Crippen LogP contribution in [0.4, 0.5) is 4.39 Å². The van der Waals surface area contributed by atoms with Crippen LogP contribution in [-0.2, 0) is 0 Å². The molecular formula is C13H15ClFN3O. The first kappa shape index (κ1) is 14.0. The highest BCUT2D eigenvalue weighted by molar-refractivity contribution is 5.85. The topological polar surface area (TPSA) is 51.0 Å². The summed E-state index contributed by atoms with van der Waals surface area (Å²) in [6.07, 6.45) is 2.14. The van der Waals surface area contributed by atoms with E-state index in [1.54, 1.807) is 19.1 Å². The van der Waals surface area contributed by atoms with Crippen molar-refractivity contribution in [2.45, 2.75) is 25.8 Å². The van der Waals surface area contributed by atoms with Gasteiger partial charge in [-0.15, -0.1) is 12.4 Å². The predicted molar refractivity (Wildman–Crippen MR) is 71.7 cm³/mol. The van der Waals surface area contributed by atoms with Gasteiger partial charge in [-0.05, 0) is 50.1 Å². The molecule has 2 aromatic rings. The molecule has 102 valence electrons. The van der Waals surface area contributed by atoms with E-state index in [1.807, 2.05) is 0 Å². The number of nitrogens with zero attached hydrogens (tertiary/aromatic N) is 2. The van der Waals surface area contributed by atoms with Gasteiger partial charge in [-0.2, -0.15) is 4.98 Å². The van der Waals surface area contributed by atoms with Gasteiger partial charge in [0, 0.05) is 5.56 Å². The molecule has 0 bridgehead atoms. The number of hydrogen-bond donors (Lipinski definition) is 1. The van der Waals surface area contributed by atoms with Crippen LogP contribution in [0, 0.1) is 12.7 Å². The molecule has 1 aliphatic heterocycles. The molecule has 1 fully saturated rings. The van der Waals surface area contributed by atoms with Crippen LogP contribution in [0.25, 0.3) is 11.4 Å². The van der Waals surface area contributed by atoms with Crippen LogP contribution in [0.2, 0.25) is 0 Å². The second-order valence-electron chi connectivity index (χ2n) is 4.57. The fraction of sp³-hybridized carbons (Fsp3) is 0.385. The lowest BCUT2D eigenvalue weighted by Gasteiger charge is -2.01. The number of rotatable bonds is 2. The average Bonchev–Trinajstić information content (AvgIpc) is 3.01. The van der Waals surface area contributed by atoms with Gasteiger partial charge in [0.1, 0.15) is 5.82 Å². The largest absolute Gasteiger partial charge is 0.337 e. The summed E-state index contributed by atoms with van der Waals surface area (Å²) < 4.78 is 18.4. The highest BCUT2D eigenvalue weighted by Gasteiger charge is 2.22. The van der Waals surface area contributed by atoms with Gasteiger partial charge in [0.25, 0.3) is 0 Å². The van der Waals surface area contributed by atoms with Crippen molar-refractivity contribution in [2.24, 2.45) is 0 Å². The van der Waals surface area contributed by atoms with E-state index in [-0.39, 0.29) is 24.3 Å². The number of aromatic nitrogens is 2. The third-order valence-corrected chi connectivity index (χ3v) is 3.22. The van der Waals surface area contributed by atoms with E-state index >= 15 is 0 Å². The van der Waals surface area contributed by atoms with Gasteiger partial charge < -0.3 is 9.84 Å². The Morgan fingerprint density at radius 2 is 2.26 bits per heavy atom. The molecule has 1 saturated heterocycles. The molecule has 1 unspecified atom stereocenters. The lowest BCUT2D eigenvalue weighted by molar-refractivity contribution is 0.345. The highest BCUT2D eigenvalue weighted by Crippen LogP contribution is 2.25. The summed E-state index contributed by atoms with van der Waals surface area (Å²) in [7, 11) is 0. The van der Waals surface area contributed by atoms with Crippen molar-refractivity contribution in [3.63, 3.8) is 0 Å². The summed E-state index contributed by atoms with van der Waals surface area (Å²) in [5, 5.41) is 7.26. The second kappa shape index (κ2) is 5.67. The third-order valence-electron chi connectivity index (χ3n) is 3.22. The van der Waals surface area contributed by atoms with Crippen molar-refractivity contribution in [3.05, 3.63) is 35.5 Å². The molecule has 4 nitrogen and oxygen atoms in total. The zero-order chi connectivity index (χ0) is 12.5. The Bertz CT molecular complexity index is 567. The van der Waals surface area contributed by atoms with Crippen LogP contribution >= 0.6 is 12.4 Å². The molecular weight excluding hydrogens is 269 g/mol. The lowest BCUT2D eigenvalue weighted by atomic mass is 10.1. The highest BCUT2D eigenvalue weighted by atomic mass is 35.5. The first-order valence-electron chi connectivity index (χ1n) is 6.07. The van der Waals surface area contributed by atoms with Crippen molar-refractivity contribution in [1.82, 2.24) is 15.5 Å². The third kappa shape index (κ3) is 2.77. The zero-order valence-electron chi connectivity index (χ0n) is 10.5. The Balaban J connectivity index is 0.00000133. The molecule has 0 saturated carbocycles. The predicted octanol–water partition coefficient (Wildman–Crippen LogP) is 3.03. The van der Waals surface area contributed by atoms with Gasteiger partial charge in [-0.25, -0.2) is 4.39 Å². The van der Waals surface area contributed by atoms with Crippen molar-refractivity contribution in [1.29, 1.82) is 0 Å². The number of hydrogen-bond acceptors (Lipinski definition) is 4. The number of halogens is 2. The van der Waals surface area contributed by atoms with Crippen LogP contribution in [0.1, 0.15) is 30.3 Å². The van der Waals surface area contributed by atoms with Gasteiger partial charge in [-0.3, -0.25) is 0 Å². The standard InChI is InChI=1S/C13H14FN3O.ClH/c1-8-7-9(4-5-10(8)14)12-16-13(18-17-12)11-3-2-6-15-11;/h4-5,7,11,15H,2-3,6H2,1H3;1H. The van der Waals surface area contributed by atoms with Crippen LogP contribution in [0.3, 0.4) is 0 Å². The van der Waals surface area contributed by atoms with Gasteiger partial charge in [0.05, 0.1) is 6.04 Å². The van der Waals surface area contributed by atoms with Gasteiger partial charge >= 0.3 is 0 Å². The maximum absolute atomic E-state index is 13.2. The Morgan fingerprint density at radius 1 is 1.42 bits per heavy atom. The zero-order valence-corrected chi connectivity index (χ0v) is 11.3. The summed E-state index contributed by atoms with van der Waals surface area (Å²) >= 11 is 0. The van der Waals surface area contributed by atoms with Gasteiger partial charge in [0.15, 0.2) is 0 Å². The van der Waals surface area contributed by atoms with E-state index in [0.717, 1.165) is 24.9 Å². The Hall–Kier alpha value is -1.46. The number of nitrogens with one attached hydrogen (secondary N) is 1. The van der Waals surface area contributed by atoms with Crippen LogP contribution in [-0.4, -0.2) is 16.7 Å². The first-order chi connectivity index (χ1) is 8.74. The molecule has 1 aromatic carbocycles. The minimum absolute atomic E-state index is 0. The normalized spacial score (nSPS) is 18.3. The van der Waals surface area contributed by atoms with E-state index in [0.29, 0.717) is 17.3 Å². The first-order valence-corrected chi connectivity index (χ1v) is 6.07. The molecule has 0 amide bonds. The molecule has 1 atom stereocenters. The molecule has 1 aromatic heterocycles. The fourth-order valence-corrected chi connectivity index (χ4v) is 2.17. The molecule has 6 heteroatoms. The minimum atomic E-state index is -0.222. The van der Waals surface area contributed by atoms with Crippen molar-refractivity contribution < 1.29 is 8.91 Å². The Kier molecular flexibility index (Phi) is 4.17. The number of benzene rings is 1. The smallest absolute Gasteiger partial charge is 0.244 e. The van der Waals surface area contributed by atoms with Crippen LogP contribution in [0.5, 0.6) is 0 Å². The summed E-state index contributed by atoms with van der Waals surface area (Å²) in [6, 6.07) is 4.98. The molecule has 19 heavy (non-hydrogen) atoms. The minimum Gasteiger partial charge on any atom is -0.337 e. The molecule has 1 N–H and O–H groups in total. The summed E-state index contributed by atoms with van der Waals surface area (Å²) in [5.74, 6) is 0.909. The molecule has 0 radical (unpaired) electrons. The average molecular weight is 284 g/mol. The number of aryl methyl sites for hydroxylation is 1. The SMILES string of the molecule is Cc1cc(-c2noc(C3CCCN3)n2)ccc1F.Cl. The fourth-order valence-electron chi connectivity index (χ4n) is 2.17. The summed E-state index contributed by atoms with van der Waals surface area (Å²) in [6.45, 7) is 2.70. The quantitative estimate of drug-likeness (QED) is 0.920. The Morgan fingerprint density at radius 3 is 2.95 bits per heavy atom. The van der Waals surface area contributed by atoms with Crippen molar-refractivity contribution in [3.8, 4) is 11.4 Å². The summed E-state index contributed by atoms with van der Waals surface area (Å²) in [4.78, 5) is 4.37. The van der Waals surface area contributed by atoms with Crippen LogP contribution in [0.15, 0.2) is 22.7 Å². The maximum Gasteiger partial charge on any atom is 0.244 e. The lowest BCUT2D eigenvalue weighted by Crippen LogP contribution is -2.12. The molecule has 2 heterocycles. The van der Waals surface area contributed by atoms with Gasteiger partial charge in [-0.1, -0.05) is 5.16 Å².